The van der Waals surface area contributed by atoms with E-state index in [1.165, 1.54) is 22.0 Å². The summed E-state index contributed by atoms with van der Waals surface area (Å²) in [6.07, 6.45) is 1.46. The van der Waals surface area contributed by atoms with E-state index in [1.807, 2.05) is 0 Å². The zero-order chi connectivity index (χ0) is 37.5. The van der Waals surface area contributed by atoms with Gasteiger partial charge in [0.05, 0.1) is 37.1 Å². The topological polar surface area (TPSA) is 264 Å². The largest absolute Gasteiger partial charge is 0.503 e. The van der Waals surface area contributed by atoms with Crippen molar-refractivity contribution in [3.05, 3.63) is 50.5 Å². The lowest BCUT2D eigenvalue weighted by atomic mass is 9.70. The number of carboxylic acid groups (broad SMARTS) is 2. The molecule has 0 saturated carbocycles. The number of aromatic hydroxyl groups is 1. The minimum absolute atomic E-state index is 0.0692. The van der Waals surface area contributed by atoms with E-state index < -0.39 is 58.1 Å². The number of aromatic nitrogens is 2. The van der Waals surface area contributed by atoms with Gasteiger partial charge in [0.25, 0.3) is 5.91 Å². The summed E-state index contributed by atoms with van der Waals surface area (Å²) in [6.45, 7) is 4.50. The van der Waals surface area contributed by atoms with Crippen molar-refractivity contribution >= 4 is 63.5 Å². The van der Waals surface area contributed by atoms with Gasteiger partial charge >= 0.3 is 11.9 Å². The van der Waals surface area contributed by atoms with Crippen molar-refractivity contribution in [2.75, 3.05) is 44.2 Å². The summed E-state index contributed by atoms with van der Waals surface area (Å²) in [4.78, 5) is 86.1. The van der Waals surface area contributed by atoms with Crippen LogP contribution in [0.4, 0.5) is 5.13 Å². The van der Waals surface area contributed by atoms with Crippen molar-refractivity contribution in [1.82, 2.24) is 19.9 Å². The Hall–Kier alpha value is -4.95. The van der Waals surface area contributed by atoms with Crippen molar-refractivity contribution in [3.63, 3.8) is 0 Å². The highest BCUT2D eigenvalue weighted by Crippen LogP contribution is 2.48. The zero-order valence-electron chi connectivity index (χ0n) is 28.0. The molecule has 3 atom stereocenters. The summed E-state index contributed by atoms with van der Waals surface area (Å²) in [6, 6.07) is 0.863. The molecular formula is C32H38N7O11S2+. The first-order valence-electron chi connectivity index (χ1n) is 16.6. The molecule has 0 radical (unpaired) electrons. The third-order valence-electron chi connectivity index (χ3n) is 10.5. The van der Waals surface area contributed by atoms with Gasteiger partial charge in [0, 0.05) is 60.4 Å². The summed E-state index contributed by atoms with van der Waals surface area (Å²) in [5.41, 5.74) is 4.83. The normalized spacial score (nSPS) is 26.0. The standard InChI is InChI=1S/C32H37N7O11S2/c1-2-23(29(45)46)50-36-24(18-14-52-31(33)35-18)21(41)9-17-27(44)38-25(30(47)48)16(13-51-28(17)38)12-39-6-3-32(4-7-39,5-8-39)15-34-26(43)19-10-20(40)22(42)11-37(19)49/h10-11,14,17,23,28,49H,2-9,12-13,15H2,1H3,(H5-,33,34,35,42,43,45,46,47,48)/p+1/b36-24-/t17-,23+,28-,32?,39?/m1/s1. The van der Waals surface area contributed by atoms with Gasteiger partial charge in [0.1, 0.15) is 23.6 Å². The summed E-state index contributed by atoms with van der Waals surface area (Å²) < 4.78 is 1.04. The molecule has 278 valence electrons. The fourth-order valence-corrected chi connectivity index (χ4v) is 9.32. The first-order valence-corrected chi connectivity index (χ1v) is 18.5. The fraction of sp³-hybridized carbons (Fsp3) is 0.500. The lowest BCUT2D eigenvalue weighted by Gasteiger charge is -2.56. The number of nitrogens with one attached hydrogen (secondary N) is 1. The van der Waals surface area contributed by atoms with Gasteiger partial charge in [-0.3, -0.25) is 24.1 Å². The molecule has 20 heteroatoms. The molecule has 0 aliphatic carbocycles. The van der Waals surface area contributed by atoms with Crippen LogP contribution in [0.2, 0.25) is 0 Å². The second-order valence-corrected chi connectivity index (χ2v) is 15.6. The van der Waals surface area contributed by atoms with Gasteiger partial charge in [-0.2, -0.15) is 4.73 Å². The van der Waals surface area contributed by atoms with Gasteiger partial charge in [-0.1, -0.05) is 12.1 Å². The van der Waals surface area contributed by atoms with Crippen molar-refractivity contribution in [3.8, 4) is 5.75 Å². The Bertz CT molecular complexity index is 1930. The molecule has 2 aromatic rings. The van der Waals surface area contributed by atoms with E-state index in [4.69, 9.17) is 10.6 Å². The summed E-state index contributed by atoms with van der Waals surface area (Å²) in [5.74, 6) is -5.45. The van der Waals surface area contributed by atoms with Gasteiger partial charge in [0.15, 0.2) is 22.4 Å². The van der Waals surface area contributed by atoms with Crippen LogP contribution in [0.5, 0.6) is 5.75 Å². The molecule has 0 aromatic carbocycles. The molecular weight excluding hydrogens is 723 g/mol. The number of pyridine rings is 1. The van der Waals surface area contributed by atoms with Crippen LogP contribution in [0.15, 0.2) is 38.9 Å². The van der Waals surface area contributed by atoms with E-state index in [1.54, 1.807) is 6.92 Å². The third kappa shape index (κ3) is 6.96. The van der Waals surface area contributed by atoms with Crippen LogP contribution in [-0.4, -0.2) is 125 Å². The Morgan fingerprint density at radius 3 is 2.48 bits per heavy atom. The average Bonchev–Trinajstić information content (AvgIpc) is 3.55. The van der Waals surface area contributed by atoms with E-state index in [9.17, 15) is 49.3 Å². The molecule has 5 aliphatic rings. The number of carbonyl (C=O) groups is 5. The molecule has 7 rings (SSSR count). The van der Waals surface area contributed by atoms with Crippen molar-refractivity contribution in [2.24, 2.45) is 16.5 Å². The summed E-state index contributed by atoms with van der Waals surface area (Å²) >= 11 is 2.43. The van der Waals surface area contributed by atoms with Gasteiger partial charge in [-0.05, 0) is 6.42 Å². The number of piperidine rings is 3. The number of anilines is 1. The fourth-order valence-electron chi connectivity index (χ4n) is 7.37. The first kappa shape index (κ1) is 36.8. The number of carboxylic acids is 2. The lowest BCUT2D eigenvalue weighted by molar-refractivity contribution is -0.941. The van der Waals surface area contributed by atoms with Crippen LogP contribution in [0.3, 0.4) is 0 Å². The molecule has 7 heterocycles. The minimum Gasteiger partial charge on any atom is -0.503 e. The van der Waals surface area contributed by atoms with Crippen LogP contribution in [0.25, 0.3) is 0 Å². The average molecular weight is 761 g/mol. The monoisotopic (exact) mass is 760 g/mol. The number of thiazole rings is 1. The van der Waals surface area contributed by atoms with Crippen molar-refractivity contribution in [2.45, 2.75) is 50.5 Å². The minimum atomic E-state index is -1.31. The van der Waals surface area contributed by atoms with E-state index in [2.05, 4.69) is 15.5 Å². The number of Topliss-reactive ketones (excluding diaryl/α,β-unsaturated/α-hetero) is 1. The van der Waals surface area contributed by atoms with Crippen molar-refractivity contribution in [1.29, 1.82) is 0 Å². The Labute approximate surface area is 304 Å². The molecule has 4 fully saturated rings. The molecule has 7 N–H and O–H groups in total. The van der Waals surface area contributed by atoms with Crippen LogP contribution < -0.4 is 16.5 Å². The van der Waals surface area contributed by atoms with E-state index in [0.717, 1.165) is 62.5 Å². The number of nitrogen functional groups attached to an aromatic ring is 1. The molecule has 18 nitrogen and oxygen atoms in total. The molecule has 0 spiro atoms. The Balaban J connectivity index is 1.11. The van der Waals surface area contributed by atoms with E-state index >= 15 is 0 Å². The van der Waals surface area contributed by atoms with Crippen LogP contribution in [-0.2, 0) is 24.0 Å². The van der Waals surface area contributed by atoms with Gasteiger partial charge in [-0.25, -0.2) is 14.6 Å². The number of nitrogens with zero attached hydrogens (tertiary/aromatic N) is 5. The molecule has 4 saturated heterocycles. The number of nitrogens with two attached hydrogens (primary N) is 1. The number of aliphatic carboxylic acids is 2. The number of oxime groups is 1. The van der Waals surface area contributed by atoms with Crippen LogP contribution in [0.1, 0.15) is 55.2 Å². The quantitative estimate of drug-likeness (QED) is 0.0509. The maximum Gasteiger partial charge on any atom is 0.352 e. The Morgan fingerprint density at radius 2 is 1.88 bits per heavy atom. The second kappa shape index (κ2) is 14.2. The van der Waals surface area contributed by atoms with E-state index in [-0.39, 0.29) is 46.2 Å². The third-order valence-corrected chi connectivity index (χ3v) is 12.5. The number of quaternary nitrogens is 1. The summed E-state index contributed by atoms with van der Waals surface area (Å²) in [5, 5.41) is 46.8. The molecule has 52 heavy (non-hydrogen) atoms. The zero-order valence-corrected chi connectivity index (χ0v) is 29.7. The van der Waals surface area contributed by atoms with Gasteiger partial charge < -0.3 is 40.9 Å². The molecule has 0 unspecified atom stereocenters. The number of thioether (sulfide) groups is 1. The predicted molar refractivity (Wildman–Crippen MR) is 185 cm³/mol. The molecule has 2 bridgehead atoms. The number of ketones is 1. The number of amides is 2. The Kier molecular flexibility index (Phi) is 10.1. The number of β-lactam (4-membered cyclic amide) rings is 1. The highest BCUT2D eigenvalue weighted by molar-refractivity contribution is 8.00. The maximum atomic E-state index is 13.5. The second-order valence-electron chi connectivity index (χ2n) is 13.6. The number of fused-ring (bicyclic) bond motifs is 4. The predicted octanol–water partition coefficient (Wildman–Crippen LogP) is 0.674. The van der Waals surface area contributed by atoms with Crippen molar-refractivity contribution < 1.29 is 53.8 Å². The van der Waals surface area contributed by atoms with E-state index in [0.29, 0.717) is 33.6 Å². The molecule has 2 amide bonds. The number of hydrogen-bond donors (Lipinski definition) is 6. The lowest BCUT2D eigenvalue weighted by Crippen LogP contribution is -2.66. The number of rotatable bonds is 14. The van der Waals surface area contributed by atoms with Crippen LogP contribution >= 0.6 is 23.1 Å². The highest BCUT2D eigenvalue weighted by atomic mass is 32.2. The SMILES string of the molecule is CC[C@H](O/N=C(\C(=O)C[C@@H]1C(=O)N2C(C(=O)O)=C(C[N+]34CCC(CNC(=O)c5cc(=O)c(O)cn5O)(CC3)CC4)CS[C@H]12)c1csc(N)n1)C(=O)O. The molecule has 2 aromatic heterocycles. The Morgan fingerprint density at radius 1 is 1.19 bits per heavy atom. The molecule has 5 aliphatic heterocycles. The van der Waals surface area contributed by atoms with Gasteiger partial charge in [-0.15, -0.1) is 23.1 Å². The maximum absolute atomic E-state index is 13.5. The number of carbonyl (C=O) groups excluding carboxylic acids is 3. The van der Waals surface area contributed by atoms with Gasteiger partial charge in [0.2, 0.25) is 17.4 Å². The summed E-state index contributed by atoms with van der Waals surface area (Å²) in [7, 11) is 0. The number of hydrogen-bond acceptors (Lipinski definition) is 14. The highest BCUT2D eigenvalue weighted by Gasteiger charge is 2.56. The smallest absolute Gasteiger partial charge is 0.352 e. The first-order chi connectivity index (χ1) is 24.7. The van der Waals surface area contributed by atoms with Crippen LogP contribution in [0, 0.1) is 11.3 Å².